The number of hydrogen-bond donors (Lipinski definition) is 1. The first-order valence-electron chi connectivity index (χ1n) is 14.2. The van der Waals surface area contributed by atoms with Crippen molar-refractivity contribution in [2.75, 3.05) is 32.5 Å². The number of aryl methyl sites for hydroxylation is 1. The van der Waals surface area contributed by atoms with E-state index in [2.05, 4.69) is 22.4 Å². The van der Waals surface area contributed by atoms with Gasteiger partial charge >= 0.3 is 0 Å². The van der Waals surface area contributed by atoms with E-state index in [1.54, 1.807) is 17.1 Å². The third kappa shape index (κ3) is 5.81. The number of carbonyl (C=O) groups is 3. The minimum Gasteiger partial charge on any atom is -0.340 e. The summed E-state index contributed by atoms with van der Waals surface area (Å²) in [6.45, 7) is 7.89. The van der Waals surface area contributed by atoms with Crippen LogP contribution in [0, 0.1) is 13.8 Å². The van der Waals surface area contributed by atoms with Gasteiger partial charge in [-0.05, 0) is 76.7 Å². The molecule has 214 valence electrons. The molecule has 0 aliphatic carbocycles. The van der Waals surface area contributed by atoms with Crippen molar-refractivity contribution >= 4 is 34.2 Å². The maximum Gasteiger partial charge on any atom is 0.257 e. The molecule has 0 radical (unpaired) electrons. The van der Waals surface area contributed by atoms with Gasteiger partial charge in [-0.15, -0.1) is 0 Å². The second kappa shape index (κ2) is 11.7. The molecular formula is C32H38N6O3. The number of rotatable bonds is 9. The van der Waals surface area contributed by atoms with Crippen LogP contribution in [0.2, 0.25) is 0 Å². The van der Waals surface area contributed by atoms with E-state index in [0.29, 0.717) is 23.2 Å². The summed E-state index contributed by atoms with van der Waals surface area (Å²) in [7, 11) is 3.94. The molecule has 0 spiro atoms. The molecule has 0 saturated carbocycles. The maximum absolute atomic E-state index is 13.5. The Labute approximate surface area is 240 Å². The van der Waals surface area contributed by atoms with Crippen molar-refractivity contribution in [1.82, 2.24) is 24.1 Å². The highest BCUT2D eigenvalue weighted by Crippen LogP contribution is 2.25. The fourth-order valence-corrected chi connectivity index (χ4v) is 5.60. The van der Waals surface area contributed by atoms with Crippen molar-refractivity contribution < 1.29 is 14.4 Å². The van der Waals surface area contributed by atoms with Crippen molar-refractivity contribution in [2.24, 2.45) is 0 Å². The van der Waals surface area contributed by atoms with E-state index >= 15 is 0 Å². The Morgan fingerprint density at radius 3 is 2.51 bits per heavy atom. The molecule has 9 heteroatoms. The summed E-state index contributed by atoms with van der Waals surface area (Å²) >= 11 is 0. The molecule has 1 unspecified atom stereocenters. The van der Waals surface area contributed by atoms with Crippen LogP contribution in [-0.4, -0.2) is 75.0 Å². The Morgan fingerprint density at radius 2 is 1.83 bits per heavy atom. The summed E-state index contributed by atoms with van der Waals surface area (Å²) in [4.78, 5) is 43.1. The van der Waals surface area contributed by atoms with E-state index in [0.717, 1.165) is 53.8 Å². The number of Topliss-reactive ketones (excluding diaryl/α,β-unsaturated/α-hetero) is 1. The number of fused-ring (bicyclic) bond motifs is 1. The smallest absolute Gasteiger partial charge is 0.257 e. The molecule has 3 heterocycles. The molecule has 1 aliphatic heterocycles. The number of carbonyl (C=O) groups excluding carboxylic acids is 3. The predicted octanol–water partition coefficient (Wildman–Crippen LogP) is 4.84. The van der Waals surface area contributed by atoms with Gasteiger partial charge in [-0.2, -0.15) is 5.10 Å². The largest absolute Gasteiger partial charge is 0.340 e. The summed E-state index contributed by atoms with van der Waals surface area (Å²) in [6, 6.07) is 13.5. The van der Waals surface area contributed by atoms with Crippen molar-refractivity contribution in [3.05, 3.63) is 77.2 Å². The number of nitrogens with one attached hydrogen (secondary N) is 1. The second-order valence-electron chi connectivity index (χ2n) is 11.1. The van der Waals surface area contributed by atoms with E-state index in [4.69, 9.17) is 0 Å². The summed E-state index contributed by atoms with van der Waals surface area (Å²) in [5.74, 6) is -0.124. The Bertz CT molecular complexity index is 1600. The van der Waals surface area contributed by atoms with Gasteiger partial charge in [0.1, 0.15) is 6.54 Å². The lowest BCUT2D eigenvalue weighted by Gasteiger charge is -2.24. The zero-order chi connectivity index (χ0) is 29.3. The number of likely N-dealkylation sites (N-methyl/N-ethyl adjacent to an activating group) is 2. The number of ketones is 1. The van der Waals surface area contributed by atoms with Crippen LogP contribution in [0.3, 0.4) is 0 Å². The molecule has 2 aromatic carbocycles. The highest BCUT2D eigenvalue weighted by atomic mass is 16.2. The van der Waals surface area contributed by atoms with Gasteiger partial charge in [0, 0.05) is 48.8 Å². The van der Waals surface area contributed by atoms with Gasteiger partial charge in [0.2, 0.25) is 5.91 Å². The van der Waals surface area contributed by atoms with Crippen molar-refractivity contribution in [3.8, 4) is 5.69 Å². The Hall–Kier alpha value is -4.24. The van der Waals surface area contributed by atoms with Crippen LogP contribution in [0.25, 0.3) is 16.6 Å². The average Bonchev–Trinajstić information content (AvgIpc) is 3.65. The molecule has 0 bridgehead atoms. The van der Waals surface area contributed by atoms with Gasteiger partial charge in [-0.3, -0.25) is 14.4 Å². The molecule has 41 heavy (non-hydrogen) atoms. The lowest BCUT2D eigenvalue weighted by molar-refractivity contribution is -0.132. The molecule has 1 aliphatic rings. The number of anilines is 1. The molecule has 1 fully saturated rings. The van der Waals surface area contributed by atoms with Gasteiger partial charge in [-0.25, -0.2) is 4.68 Å². The average molecular weight is 555 g/mol. The number of nitrogens with zero attached hydrogens (tertiary/aromatic N) is 5. The normalized spacial score (nSPS) is 15.4. The number of aromatic nitrogens is 3. The van der Waals surface area contributed by atoms with Gasteiger partial charge in [0.25, 0.3) is 5.91 Å². The van der Waals surface area contributed by atoms with Gasteiger partial charge in [0.05, 0.1) is 28.7 Å². The summed E-state index contributed by atoms with van der Waals surface area (Å²) in [6.07, 6.45) is 5.66. The van der Waals surface area contributed by atoms with Crippen LogP contribution >= 0.6 is 0 Å². The molecular weight excluding hydrogens is 516 g/mol. The molecule has 2 amide bonds. The summed E-state index contributed by atoms with van der Waals surface area (Å²) in [5.41, 5.74) is 5.28. The summed E-state index contributed by atoms with van der Waals surface area (Å²) < 4.78 is 3.62. The van der Waals surface area contributed by atoms with Crippen LogP contribution in [0.5, 0.6) is 0 Å². The SMILES string of the molecule is CCCC(=O)c1cnn(-c2ccc(NC(=O)c3cn(CC(=O)N(C)C4CCN(C)C4)c4ccc(C)cc34)cc2)c1C. The van der Waals surface area contributed by atoms with Gasteiger partial charge in [0.15, 0.2) is 5.78 Å². The zero-order valence-electron chi connectivity index (χ0n) is 24.5. The Balaban J connectivity index is 1.34. The molecule has 1 N–H and O–H groups in total. The van der Waals surface area contributed by atoms with E-state index in [-0.39, 0.29) is 30.2 Å². The zero-order valence-corrected chi connectivity index (χ0v) is 24.5. The predicted molar refractivity (Wildman–Crippen MR) is 161 cm³/mol. The molecule has 4 aromatic rings. The number of amides is 2. The van der Waals surface area contributed by atoms with Crippen molar-refractivity contribution in [3.63, 3.8) is 0 Å². The molecule has 5 rings (SSSR count). The van der Waals surface area contributed by atoms with Crippen LogP contribution in [-0.2, 0) is 11.3 Å². The van der Waals surface area contributed by atoms with Crippen LogP contribution in [0.4, 0.5) is 5.69 Å². The van der Waals surface area contributed by atoms with Crippen LogP contribution in [0.15, 0.2) is 54.9 Å². The lowest BCUT2D eigenvalue weighted by Crippen LogP contribution is -2.40. The van der Waals surface area contributed by atoms with E-state index in [9.17, 15) is 14.4 Å². The fraction of sp³-hybridized carbons (Fsp3) is 0.375. The standard InChI is InChI=1S/C32H38N6O3/c1-6-7-30(39)27-17-33-38(22(27)3)24-11-9-23(10-12-24)34-32(41)28-19-37(29-13-8-21(2)16-26(28)29)20-31(40)36(5)25-14-15-35(4)18-25/h8-13,16-17,19,25H,6-7,14-15,18,20H2,1-5H3,(H,34,41). The molecule has 1 atom stereocenters. The third-order valence-corrected chi connectivity index (χ3v) is 8.05. The lowest BCUT2D eigenvalue weighted by atomic mass is 10.1. The molecule has 9 nitrogen and oxygen atoms in total. The first-order valence-corrected chi connectivity index (χ1v) is 14.2. The van der Waals surface area contributed by atoms with E-state index in [1.165, 1.54) is 0 Å². The first-order chi connectivity index (χ1) is 19.7. The highest BCUT2D eigenvalue weighted by Gasteiger charge is 2.27. The number of likely N-dealkylation sites (tertiary alicyclic amines) is 1. The van der Waals surface area contributed by atoms with Gasteiger partial charge < -0.3 is 19.7 Å². The van der Waals surface area contributed by atoms with Crippen LogP contribution in [0.1, 0.15) is 58.2 Å². The van der Waals surface area contributed by atoms with Gasteiger partial charge in [-0.1, -0.05) is 18.6 Å². The molecule has 2 aromatic heterocycles. The highest BCUT2D eigenvalue weighted by molar-refractivity contribution is 6.13. The Morgan fingerprint density at radius 1 is 1.07 bits per heavy atom. The summed E-state index contributed by atoms with van der Waals surface area (Å²) in [5, 5.41) is 8.23. The Kier molecular flexibility index (Phi) is 8.08. The third-order valence-electron chi connectivity index (χ3n) is 8.05. The second-order valence-corrected chi connectivity index (χ2v) is 11.1. The van der Waals surface area contributed by atoms with Crippen molar-refractivity contribution in [1.29, 1.82) is 0 Å². The van der Waals surface area contributed by atoms with E-state index < -0.39 is 0 Å². The number of hydrogen-bond acceptors (Lipinski definition) is 5. The quantitative estimate of drug-likeness (QED) is 0.299. The number of benzene rings is 2. The first kappa shape index (κ1) is 28.3. The van der Waals surface area contributed by atoms with Crippen molar-refractivity contribution in [2.45, 2.75) is 52.6 Å². The van der Waals surface area contributed by atoms with E-state index in [1.807, 2.05) is 79.8 Å². The van der Waals surface area contributed by atoms with Crippen LogP contribution < -0.4 is 5.32 Å². The minimum atomic E-state index is -0.243. The topological polar surface area (TPSA) is 92.5 Å². The maximum atomic E-state index is 13.5. The monoisotopic (exact) mass is 554 g/mol. The molecule has 1 saturated heterocycles. The minimum absolute atomic E-state index is 0.0267. The fourth-order valence-electron chi connectivity index (χ4n) is 5.60.